The Labute approximate surface area is 213 Å². The molecule has 2 fully saturated rings. The van der Waals surface area contributed by atoms with Crippen LogP contribution in [0.25, 0.3) is 0 Å². The lowest BCUT2D eigenvalue weighted by molar-refractivity contribution is -0.148. The molecule has 0 aromatic carbocycles. The first-order chi connectivity index (χ1) is 16.7. The molecule has 0 saturated carbocycles. The fraction of sp³-hybridized carbons (Fsp3) is 0.591. The van der Waals surface area contributed by atoms with Crippen LogP contribution < -0.4 is 5.32 Å². The monoisotopic (exact) mass is 538 g/mol. The molecule has 0 unspecified atom stereocenters. The Morgan fingerprint density at radius 3 is 2.03 bits per heavy atom. The zero-order chi connectivity index (χ0) is 26.0. The van der Waals surface area contributed by atoms with E-state index >= 15 is 0 Å². The molecule has 0 spiro atoms. The molecule has 14 heteroatoms. The molecule has 0 aliphatic carbocycles. The number of aliphatic hydroxyl groups excluding tert-OH is 8. The predicted molar refractivity (Wildman–Crippen MR) is 126 cm³/mol. The highest BCUT2D eigenvalue weighted by atomic mass is 35.5. The molecule has 9 N–H and O–H groups in total. The number of piperidine rings is 2. The van der Waals surface area contributed by atoms with E-state index in [9.17, 15) is 30.3 Å². The van der Waals surface area contributed by atoms with E-state index in [1.54, 1.807) is 29.2 Å². The van der Waals surface area contributed by atoms with Crippen molar-refractivity contribution in [3.8, 4) is 0 Å². The van der Waals surface area contributed by atoms with Crippen molar-refractivity contribution in [1.29, 1.82) is 0 Å². The number of nitrogens with zero attached hydrogens (tertiary/aromatic N) is 1. The number of rotatable bonds is 5. The van der Waals surface area contributed by atoms with Crippen molar-refractivity contribution < 1.29 is 54.5 Å². The number of aliphatic hydroxyl groups is 8. The summed E-state index contributed by atoms with van der Waals surface area (Å²) < 4.78 is 9.79. The quantitative estimate of drug-likeness (QED) is 0.174. The fourth-order valence-electron chi connectivity index (χ4n) is 3.67. The van der Waals surface area contributed by atoms with Crippen LogP contribution >= 0.6 is 12.4 Å². The van der Waals surface area contributed by atoms with E-state index in [1.165, 1.54) is 12.5 Å². The van der Waals surface area contributed by atoms with Crippen LogP contribution in [0.4, 0.5) is 0 Å². The van der Waals surface area contributed by atoms with Crippen molar-refractivity contribution in [1.82, 2.24) is 10.2 Å². The molecule has 13 nitrogen and oxygen atoms in total. The average Bonchev–Trinajstić information content (AvgIpc) is 3.57. The summed E-state index contributed by atoms with van der Waals surface area (Å²) in [6, 6.07) is 5.66. The van der Waals surface area contributed by atoms with Crippen molar-refractivity contribution in [2.45, 2.75) is 55.3 Å². The van der Waals surface area contributed by atoms with Gasteiger partial charge in [0.2, 0.25) is 0 Å². The van der Waals surface area contributed by atoms with Crippen LogP contribution in [0.15, 0.2) is 45.6 Å². The summed E-state index contributed by atoms with van der Waals surface area (Å²) in [6.45, 7) is 0.225. The summed E-state index contributed by atoms with van der Waals surface area (Å²) in [5.41, 5.74) is 0. The second kappa shape index (κ2) is 16.1. The first-order valence-corrected chi connectivity index (χ1v) is 11.0. The van der Waals surface area contributed by atoms with Crippen molar-refractivity contribution >= 4 is 18.7 Å². The van der Waals surface area contributed by atoms with E-state index < -0.39 is 48.7 Å². The third kappa shape index (κ3) is 8.90. The largest absolute Gasteiger partial charge is 0.468 e. The lowest BCUT2D eigenvalue weighted by Crippen LogP contribution is -2.62. The molecule has 4 heterocycles. The second-order valence-electron chi connectivity index (χ2n) is 8.19. The van der Waals surface area contributed by atoms with Crippen LogP contribution in [0.1, 0.15) is 16.3 Å². The van der Waals surface area contributed by atoms with Gasteiger partial charge >= 0.3 is 0 Å². The number of halogens is 1. The number of β-amino-alcohol motifs (C(OH)–C–C–N with tert-alkyl or cyclic N) is 2. The molecule has 4 rings (SSSR count). The van der Waals surface area contributed by atoms with Crippen molar-refractivity contribution in [2.75, 3.05) is 26.3 Å². The number of likely N-dealkylation sites (tertiary alicyclic amines) is 1. The fourth-order valence-corrected chi connectivity index (χ4v) is 3.67. The maximum Gasteiger partial charge on any atom is 0.185 e. The second-order valence-corrected chi connectivity index (χ2v) is 8.19. The predicted octanol–water partition coefficient (Wildman–Crippen LogP) is -2.91. The van der Waals surface area contributed by atoms with Gasteiger partial charge in [-0.15, -0.1) is 12.4 Å². The lowest BCUT2D eigenvalue weighted by atomic mass is 9.94. The molecule has 2 saturated heterocycles. The van der Waals surface area contributed by atoms with Crippen LogP contribution in [-0.4, -0.2) is 127 Å². The van der Waals surface area contributed by atoms with Gasteiger partial charge in [0.1, 0.15) is 24.1 Å². The summed E-state index contributed by atoms with van der Waals surface area (Å²) >= 11 is 0. The van der Waals surface area contributed by atoms with Gasteiger partial charge in [0.15, 0.2) is 12.0 Å². The van der Waals surface area contributed by atoms with Crippen LogP contribution in [0.3, 0.4) is 0 Å². The number of hydrogen-bond acceptors (Lipinski definition) is 13. The molecular weight excluding hydrogens is 504 g/mol. The Morgan fingerprint density at radius 1 is 0.889 bits per heavy atom. The van der Waals surface area contributed by atoms with Gasteiger partial charge in [0.25, 0.3) is 0 Å². The normalized spacial score (nSPS) is 32.2. The van der Waals surface area contributed by atoms with Crippen LogP contribution in [0, 0.1) is 0 Å². The molecule has 2 aromatic heterocycles. The number of furan rings is 2. The van der Waals surface area contributed by atoms with E-state index in [2.05, 4.69) is 9.73 Å². The average molecular weight is 539 g/mol. The molecule has 36 heavy (non-hydrogen) atoms. The summed E-state index contributed by atoms with van der Waals surface area (Å²) in [5, 5.41) is 76.7. The summed E-state index contributed by atoms with van der Waals surface area (Å²) in [7, 11) is 0. The van der Waals surface area contributed by atoms with Crippen molar-refractivity contribution in [2.24, 2.45) is 0 Å². The molecule has 2 aromatic rings. The molecule has 2 aliphatic rings. The number of carbonyl (C=O) groups excluding carboxylic acids is 1. The molecule has 0 bridgehead atoms. The van der Waals surface area contributed by atoms with Gasteiger partial charge in [0, 0.05) is 13.1 Å². The highest BCUT2D eigenvalue weighted by Crippen LogP contribution is 2.21. The van der Waals surface area contributed by atoms with E-state index in [4.69, 9.17) is 19.7 Å². The molecular formula is C22H35ClN2O11. The van der Waals surface area contributed by atoms with Gasteiger partial charge in [0.05, 0.1) is 62.7 Å². The SMILES string of the molecule is Cl.O=Cc1ccco1.OC[C@@H]1[C@@H](O)[C@H](O)[C@@H](O)CN1Cc1ccco1.OC[C@H]1NC[C@H](O)[C@@H](O)[C@@H]1O. The van der Waals surface area contributed by atoms with Crippen LogP contribution in [-0.2, 0) is 6.54 Å². The number of nitrogens with one attached hydrogen (secondary N) is 1. The van der Waals surface area contributed by atoms with Crippen LogP contribution in [0.2, 0.25) is 0 Å². The van der Waals surface area contributed by atoms with E-state index in [1.807, 2.05) is 0 Å². The third-order valence-electron chi connectivity index (χ3n) is 5.76. The zero-order valence-corrected chi connectivity index (χ0v) is 20.2. The first kappa shape index (κ1) is 32.1. The number of hydrogen-bond donors (Lipinski definition) is 9. The van der Waals surface area contributed by atoms with E-state index in [0.717, 1.165) is 0 Å². The van der Waals surface area contributed by atoms with Gasteiger partial charge < -0.3 is 55.0 Å². The maximum absolute atomic E-state index is 9.77. The zero-order valence-electron chi connectivity index (χ0n) is 19.4. The minimum atomic E-state index is -1.22. The van der Waals surface area contributed by atoms with Crippen molar-refractivity contribution in [3.05, 3.63) is 48.3 Å². The minimum Gasteiger partial charge on any atom is -0.468 e. The van der Waals surface area contributed by atoms with E-state index in [-0.39, 0.29) is 38.7 Å². The van der Waals surface area contributed by atoms with Gasteiger partial charge in [-0.05, 0) is 24.3 Å². The first-order valence-electron chi connectivity index (χ1n) is 11.0. The minimum absolute atomic E-state index is 0. The van der Waals surface area contributed by atoms with Gasteiger partial charge in [-0.2, -0.15) is 0 Å². The number of aldehydes is 1. The van der Waals surface area contributed by atoms with Gasteiger partial charge in [-0.25, -0.2) is 0 Å². The summed E-state index contributed by atoms with van der Waals surface area (Å²) in [5.74, 6) is 1.05. The van der Waals surface area contributed by atoms with Gasteiger partial charge in [-0.1, -0.05) is 0 Å². The smallest absolute Gasteiger partial charge is 0.185 e. The van der Waals surface area contributed by atoms with Gasteiger partial charge in [-0.3, -0.25) is 9.69 Å². The maximum atomic E-state index is 9.77. The number of carbonyl (C=O) groups is 1. The highest BCUT2D eigenvalue weighted by molar-refractivity contribution is 5.85. The Bertz CT molecular complexity index is 824. The van der Waals surface area contributed by atoms with Crippen LogP contribution in [0.5, 0.6) is 0 Å². The highest BCUT2D eigenvalue weighted by Gasteiger charge is 2.41. The summed E-state index contributed by atoms with van der Waals surface area (Å²) in [4.78, 5) is 11.5. The van der Waals surface area contributed by atoms with Crippen molar-refractivity contribution in [3.63, 3.8) is 0 Å². The standard InChI is InChI=1S/C11H17NO5.C6H13NO4.C5H4O2.ClH/c13-6-8-10(15)11(16)9(14)5-12(8)4-7-2-1-3-17-7;8-2-3-5(10)6(11)4(9)1-7-3;6-4-5-2-1-3-7-5;/h1-3,8-11,13-16H,4-6H2;3-11H,1-2H2;1-4H;1H/t8-,9+,10-,11-;3-,4+,5-,6-;;/m11../s1. The molecule has 0 radical (unpaired) electrons. The molecule has 206 valence electrons. The Balaban J connectivity index is 0.000000293. The Hall–Kier alpha value is -1.88. The van der Waals surface area contributed by atoms with E-state index in [0.29, 0.717) is 24.4 Å². The Kier molecular flexibility index (Phi) is 14.3. The summed E-state index contributed by atoms with van der Waals surface area (Å²) in [6.07, 6.45) is -2.95. The molecule has 2 aliphatic heterocycles. The lowest BCUT2D eigenvalue weighted by Gasteiger charge is -2.42. The molecule has 0 amide bonds. The Morgan fingerprint density at radius 2 is 1.53 bits per heavy atom. The molecule has 8 atom stereocenters. The third-order valence-corrected chi connectivity index (χ3v) is 5.76. The topological polar surface area (TPSA) is 220 Å².